The standard InChI is InChI=1S/C15H17N3O/c16-13(15-17-7-3-8-18-15)10-14-12-5-2-1-4-11(12)6-9-19-14/h1-5,7-8,13-14H,6,9-10,16H2. The largest absolute Gasteiger partial charge is 0.373 e. The van der Waals surface area contributed by atoms with Gasteiger partial charge in [-0.15, -0.1) is 0 Å². The van der Waals surface area contributed by atoms with Gasteiger partial charge in [0.15, 0.2) is 0 Å². The molecule has 3 rings (SSSR count). The van der Waals surface area contributed by atoms with Crippen LogP contribution in [-0.2, 0) is 11.2 Å². The maximum atomic E-state index is 6.18. The summed E-state index contributed by atoms with van der Waals surface area (Å²) >= 11 is 0. The molecular formula is C15H17N3O. The first-order chi connectivity index (χ1) is 9.34. The fourth-order valence-electron chi connectivity index (χ4n) is 2.51. The van der Waals surface area contributed by atoms with Gasteiger partial charge in [-0.1, -0.05) is 24.3 Å². The molecule has 2 atom stereocenters. The average Bonchev–Trinajstić information content (AvgIpc) is 2.48. The summed E-state index contributed by atoms with van der Waals surface area (Å²) in [5, 5.41) is 0. The minimum atomic E-state index is -0.197. The van der Waals surface area contributed by atoms with Crippen molar-refractivity contribution >= 4 is 0 Å². The summed E-state index contributed by atoms with van der Waals surface area (Å²) in [5.41, 5.74) is 8.79. The van der Waals surface area contributed by atoms with Gasteiger partial charge < -0.3 is 10.5 Å². The zero-order valence-electron chi connectivity index (χ0n) is 10.7. The van der Waals surface area contributed by atoms with Crippen molar-refractivity contribution in [3.63, 3.8) is 0 Å². The molecular weight excluding hydrogens is 238 g/mol. The van der Waals surface area contributed by atoms with Crippen molar-refractivity contribution in [2.75, 3.05) is 6.61 Å². The molecule has 0 aliphatic carbocycles. The number of hydrogen-bond acceptors (Lipinski definition) is 4. The Bertz CT molecular complexity index is 544. The van der Waals surface area contributed by atoms with Crippen molar-refractivity contribution in [1.82, 2.24) is 9.97 Å². The first-order valence-corrected chi connectivity index (χ1v) is 6.56. The van der Waals surface area contributed by atoms with Crippen molar-refractivity contribution in [2.24, 2.45) is 5.73 Å². The van der Waals surface area contributed by atoms with Crippen LogP contribution in [0.1, 0.15) is 35.5 Å². The summed E-state index contributed by atoms with van der Waals surface area (Å²) in [5.74, 6) is 0.675. The molecule has 0 saturated heterocycles. The summed E-state index contributed by atoms with van der Waals surface area (Å²) in [6, 6.07) is 10.00. The predicted molar refractivity (Wildman–Crippen MR) is 72.4 cm³/mol. The lowest BCUT2D eigenvalue weighted by Crippen LogP contribution is -2.22. The van der Waals surface area contributed by atoms with E-state index in [9.17, 15) is 0 Å². The van der Waals surface area contributed by atoms with E-state index in [1.54, 1.807) is 18.5 Å². The van der Waals surface area contributed by atoms with E-state index in [0.29, 0.717) is 12.2 Å². The highest BCUT2D eigenvalue weighted by molar-refractivity contribution is 5.31. The summed E-state index contributed by atoms with van der Waals surface area (Å²) in [6.07, 6.45) is 5.17. The van der Waals surface area contributed by atoms with Crippen LogP contribution < -0.4 is 5.73 Å². The van der Waals surface area contributed by atoms with Gasteiger partial charge >= 0.3 is 0 Å². The Balaban J connectivity index is 1.78. The van der Waals surface area contributed by atoms with Gasteiger partial charge in [0, 0.05) is 18.8 Å². The summed E-state index contributed by atoms with van der Waals surface area (Å²) < 4.78 is 5.86. The summed E-state index contributed by atoms with van der Waals surface area (Å²) in [7, 11) is 0. The highest BCUT2D eigenvalue weighted by Gasteiger charge is 2.24. The molecule has 1 aromatic heterocycles. The van der Waals surface area contributed by atoms with Gasteiger partial charge in [0.1, 0.15) is 5.82 Å². The fraction of sp³-hybridized carbons (Fsp3) is 0.333. The first kappa shape index (κ1) is 12.3. The van der Waals surface area contributed by atoms with Gasteiger partial charge in [0.2, 0.25) is 0 Å². The van der Waals surface area contributed by atoms with Crippen LogP contribution in [0.25, 0.3) is 0 Å². The third kappa shape index (κ3) is 2.64. The number of ether oxygens (including phenoxy) is 1. The number of aromatic nitrogens is 2. The van der Waals surface area contributed by atoms with Crippen LogP contribution in [0.4, 0.5) is 0 Å². The normalized spacial score (nSPS) is 19.7. The Morgan fingerprint density at radius 3 is 2.84 bits per heavy atom. The van der Waals surface area contributed by atoms with Crippen LogP contribution in [0.3, 0.4) is 0 Å². The van der Waals surface area contributed by atoms with E-state index >= 15 is 0 Å². The molecule has 4 heteroatoms. The van der Waals surface area contributed by atoms with Crippen LogP contribution in [-0.4, -0.2) is 16.6 Å². The highest BCUT2D eigenvalue weighted by Crippen LogP contribution is 2.32. The molecule has 2 unspecified atom stereocenters. The van der Waals surface area contributed by atoms with E-state index in [2.05, 4.69) is 28.2 Å². The van der Waals surface area contributed by atoms with Gasteiger partial charge in [-0.3, -0.25) is 0 Å². The van der Waals surface area contributed by atoms with E-state index in [-0.39, 0.29) is 12.1 Å². The van der Waals surface area contributed by atoms with Crippen molar-refractivity contribution < 1.29 is 4.74 Å². The fourth-order valence-corrected chi connectivity index (χ4v) is 2.51. The summed E-state index contributed by atoms with van der Waals surface area (Å²) in [4.78, 5) is 8.42. The predicted octanol–water partition coefficient (Wildman–Crippen LogP) is 2.18. The Labute approximate surface area is 112 Å². The molecule has 19 heavy (non-hydrogen) atoms. The van der Waals surface area contributed by atoms with Crippen molar-refractivity contribution in [2.45, 2.75) is 25.0 Å². The van der Waals surface area contributed by atoms with Gasteiger partial charge in [-0.25, -0.2) is 9.97 Å². The smallest absolute Gasteiger partial charge is 0.144 e. The van der Waals surface area contributed by atoms with E-state index in [1.165, 1.54) is 11.1 Å². The van der Waals surface area contributed by atoms with Crippen LogP contribution in [0, 0.1) is 0 Å². The molecule has 0 amide bonds. The minimum Gasteiger partial charge on any atom is -0.373 e. The number of fused-ring (bicyclic) bond motifs is 1. The van der Waals surface area contributed by atoms with Gasteiger partial charge in [0.05, 0.1) is 18.8 Å². The Morgan fingerprint density at radius 2 is 2.00 bits per heavy atom. The van der Waals surface area contributed by atoms with E-state index in [1.807, 2.05) is 6.07 Å². The second-order valence-electron chi connectivity index (χ2n) is 4.76. The lowest BCUT2D eigenvalue weighted by atomic mass is 9.93. The molecule has 0 fully saturated rings. The lowest BCUT2D eigenvalue weighted by Gasteiger charge is -2.27. The molecule has 2 heterocycles. The van der Waals surface area contributed by atoms with Crippen LogP contribution >= 0.6 is 0 Å². The van der Waals surface area contributed by atoms with Crippen molar-refractivity contribution in [3.05, 3.63) is 59.7 Å². The zero-order chi connectivity index (χ0) is 13.1. The molecule has 1 aliphatic heterocycles. The molecule has 0 spiro atoms. The molecule has 0 saturated carbocycles. The second kappa shape index (κ2) is 5.47. The molecule has 98 valence electrons. The number of nitrogens with two attached hydrogens (primary N) is 1. The maximum absolute atomic E-state index is 6.18. The number of benzene rings is 1. The second-order valence-corrected chi connectivity index (χ2v) is 4.76. The van der Waals surface area contributed by atoms with E-state index < -0.39 is 0 Å². The van der Waals surface area contributed by atoms with Crippen LogP contribution in [0.2, 0.25) is 0 Å². The molecule has 0 bridgehead atoms. The molecule has 2 aromatic rings. The third-order valence-electron chi connectivity index (χ3n) is 3.48. The third-order valence-corrected chi connectivity index (χ3v) is 3.48. The maximum Gasteiger partial charge on any atom is 0.144 e. The van der Waals surface area contributed by atoms with Gasteiger partial charge in [0.25, 0.3) is 0 Å². The molecule has 1 aliphatic rings. The summed E-state index contributed by atoms with van der Waals surface area (Å²) in [6.45, 7) is 0.754. The quantitative estimate of drug-likeness (QED) is 0.913. The van der Waals surface area contributed by atoms with E-state index in [4.69, 9.17) is 10.5 Å². The molecule has 2 N–H and O–H groups in total. The van der Waals surface area contributed by atoms with E-state index in [0.717, 1.165) is 13.0 Å². The zero-order valence-corrected chi connectivity index (χ0v) is 10.7. The molecule has 0 radical (unpaired) electrons. The average molecular weight is 255 g/mol. The number of nitrogens with zero attached hydrogens (tertiary/aromatic N) is 2. The first-order valence-electron chi connectivity index (χ1n) is 6.56. The molecule has 4 nitrogen and oxygen atoms in total. The number of rotatable bonds is 3. The monoisotopic (exact) mass is 255 g/mol. The molecule has 1 aromatic carbocycles. The van der Waals surface area contributed by atoms with Gasteiger partial charge in [-0.05, 0) is 23.6 Å². The Kier molecular flexibility index (Phi) is 3.53. The SMILES string of the molecule is NC(CC1OCCc2ccccc21)c1ncccn1. The Hall–Kier alpha value is -1.78. The lowest BCUT2D eigenvalue weighted by molar-refractivity contribution is 0.0314. The highest BCUT2D eigenvalue weighted by atomic mass is 16.5. The van der Waals surface area contributed by atoms with Gasteiger partial charge in [-0.2, -0.15) is 0 Å². The van der Waals surface area contributed by atoms with Crippen LogP contribution in [0.15, 0.2) is 42.7 Å². The number of hydrogen-bond donors (Lipinski definition) is 1. The van der Waals surface area contributed by atoms with Crippen molar-refractivity contribution in [3.8, 4) is 0 Å². The topological polar surface area (TPSA) is 61.0 Å². The van der Waals surface area contributed by atoms with Crippen molar-refractivity contribution in [1.29, 1.82) is 0 Å². The Morgan fingerprint density at radius 1 is 1.21 bits per heavy atom. The minimum absolute atomic E-state index is 0.0451. The van der Waals surface area contributed by atoms with Crippen LogP contribution in [0.5, 0.6) is 0 Å².